The van der Waals surface area contributed by atoms with Crippen LogP contribution in [0.3, 0.4) is 0 Å². The maximum absolute atomic E-state index is 13.6. The molecule has 1 aliphatic rings. The fraction of sp³-hybridized carbons (Fsp3) is 0.167. The van der Waals surface area contributed by atoms with E-state index < -0.39 is 30.3 Å². The summed E-state index contributed by atoms with van der Waals surface area (Å²) in [6.07, 6.45) is -4.43. The van der Waals surface area contributed by atoms with Gasteiger partial charge in [0.1, 0.15) is 5.75 Å². The normalized spacial score (nSPS) is 15.5. The summed E-state index contributed by atoms with van der Waals surface area (Å²) in [4.78, 5) is 27.6. The van der Waals surface area contributed by atoms with Crippen molar-refractivity contribution >= 4 is 11.9 Å². The van der Waals surface area contributed by atoms with E-state index in [0.717, 1.165) is 4.90 Å². The highest BCUT2D eigenvalue weighted by molar-refractivity contribution is 6.09. The molecule has 0 spiro atoms. The van der Waals surface area contributed by atoms with Crippen LogP contribution in [0.5, 0.6) is 5.75 Å². The van der Waals surface area contributed by atoms with Crippen molar-refractivity contribution in [3.63, 3.8) is 0 Å². The molecule has 3 amide bonds. The zero-order valence-electron chi connectivity index (χ0n) is 16.8. The Labute approximate surface area is 182 Å². The van der Waals surface area contributed by atoms with Gasteiger partial charge in [0, 0.05) is 0 Å². The van der Waals surface area contributed by atoms with Crippen molar-refractivity contribution in [2.75, 3.05) is 6.61 Å². The van der Waals surface area contributed by atoms with E-state index in [2.05, 4.69) is 5.32 Å². The molecule has 3 aromatic carbocycles. The van der Waals surface area contributed by atoms with Gasteiger partial charge in [-0.05, 0) is 28.8 Å². The van der Waals surface area contributed by atoms with Gasteiger partial charge in [0.05, 0.1) is 6.54 Å². The first-order valence-corrected chi connectivity index (χ1v) is 9.83. The fourth-order valence-corrected chi connectivity index (χ4v) is 3.69. The summed E-state index contributed by atoms with van der Waals surface area (Å²) in [5, 5.41) is 2.86. The first kappa shape index (κ1) is 21.4. The Morgan fingerprint density at radius 2 is 1.34 bits per heavy atom. The summed E-state index contributed by atoms with van der Waals surface area (Å²) >= 11 is 0. The Bertz CT molecular complexity index is 1060. The number of carbonyl (C=O) groups excluding carboxylic acids is 2. The number of nitrogens with one attached hydrogen (secondary N) is 1. The average Bonchev–Trinajstić information content (AvgIpc) is 3.05. The number of rotatable bonds is 6. The van der Waals surface area contributed by atoms with Gasteiger partial charge in [-0.25, -0.2) is 4.79 Å². The van der Waals surface area contributed by atoms with E-state index in [1.54, 1.807) is 48.5 Å². The lowest BCUT2D eigenvalue weighted by Gasteiger charge is -2.28. The first-order valence-electron chi connectivity index (χ1n) is 9.83. The molecule has 0 radical (unpaired) electrons. The highest BCUT2D eigenvalue weighted by atomic mass is 19.4. The van der Waals surface area contributed by atoms with Gasteiger partial charge < -0.3 is 10.1 Å². The zero-order valence-corrected chi connectivity index (χ0v) is 16.8. The van der Waals surface area contributed by atoms with Crippen LogP contribution in [0.15, 0.2) is 84.9 Å². The number of nitrogens with zero attached hydrogens (tertiary/aromatic N) is 1. The Balaban J connectivity index is 1.60. The Kier molecular flexibility index (Phi) is 5.61. The SMILES string of the molecule is O=C1NC(c2ccccc2)(c2ccccc2)C(=O)N1Cc1ccc(OCC(F)(F)F)cc1. The Hall–Kier alpha value is -3.81. The van der Waals surface area contributed by atoms with Crippen molar-refractivity contribution in [2.24, 2.45) is 0 Å². The van der Waals surface area contributed by atoms with E-state index in [1.807, 2.05) is 12.1 Å². The number of amides is 3. The number of halogens is 3. The van der Waals surface area contributed by atoms with Gasteiger partial charge in [-0.2, -0.15) is 13.2 Å². The van der Waals surface area contributed by atoms with Gasteiger partial charge >= 0.3 is 12.2 Å². The van der Waals surface area contributed by atoms with E-state index in [9.17, 15) is 22.8 Å². The molecule has 3 aromatic rings. The standard InChI is InChI=1S/C24H19F3N2O3/c25-23(26,27)16-32-20-13-11-17(12-14-20)15-29-21(30)24(28-22(29)31,18-7-3-1-4-8-18)19-9-5-2-6-10-19/h1-14H,15-16H2,(H,28,31). The van der Waals surface area contributed by atoms with Crippen molar-refractivity contribution in [1.29, 1.82) is 0 Å². The highest BCUT2D eigenvalue weighted by Crippen LogP contribution is 2.36. The molecule has 0 aliphatic carbocycles. The predicted octanol–water partition coefficient (Wildman–Crippen LogP) is 4.62. The number of ether oxygens (including phenoxy) is 1. The number of benzene rings is 3. The van der Waals surface area contributed by atoms with Crippen LogP contribution in [0.2, 0.25) is 0 Å². The molecular formula is C24H19F3N2O3. The molecule has 1 N–H and O–H groups in total. The quantitative estimate of drug-likeness (QED) is 0.569. The first-order chi connectivity index (χ1) is 15.3. The van der Waals surface area contributed by atoms with Crippen LogP contribution in [0.25, 0.3) is 0 Å². The summed E-state index contributed by atoms with van der Waals surface area (Å²) in [5.41, 5.74) is 0.464. The van der Waals surface area contributed by atoms with Gasteiger partial charge in [0.15, 0.2) is 12.1 Å². The number of urea groups is 1. The summed E-state index contributed by atoms with van der Waals surface area (Å²) in [5.74, 6) is -0.386. The monoisotopic (exact) mass is 440 g/mol. The maximum Gasteiger partial charge on any atom is 0.422 e. The second-order valence-electron chi connectivity index (χ2n) is 7.35. The van der Waals surface area contributed by atoms with E-state index >= 15 is 0 Å². The van der Waals surface area contributed by atoms with E-state index in [-0.39, 0.29) is 12.3 Å². The second-order valence-corrected chi connectivity index (χ2v) is 7.35. The average molecular weight is 440 g/mol. The molecule has 0 saturated carbocycles. The molecule has 0 bridgehead atoms. The summed E-state index contributed by atoms with van der Waals surface area (Å²) in [6.45, 7) is -1.43. The third-order valence-corrected chi connectivity index (χ3v) is 5.19. The molecule has 0 aromatic heterocycles. The van der Waals surface area contributed by atoms with Crippen molar-refractivity contribution in [3.8, 4) is 5.75 Å². The van der Waals surface area contributed by atoms with Gasteiger partial charge in [-0.3, -0.25) is 9.69 Å². The third kappa shape index (κ3) is 4.16. The lowest BCUT2D eigenvalue weighted by Crippen LogP contribution is -2.45. The smallest absolute Gasteiger partial charge is 0.422 e. The molecule has 4 rings (SSSR count). The number of hydrogen-bond donors (Lipinski definition) is 1. The number of carbonyl (C=O) groups is 2. The molecule has 5 nitrogen and oxygen atoms in total. The summed E-state index contributed by atoms with van der Waals surface area (Å²) in [7, 11) is 0. The lowest BCUT2D eigenvalue weighted by molar-refractivity contribution is -0.153. The molecule has 1 fully saturated rings. The molecule has 1 aliphatic heterocycles. The van der Waals surface area contributed by atoms with Crippen LogP contribution in [-0.4, -0.2) is 29.6 Å². The summed E-state index contributed by atoms with van der Waals surface area (Å²) < 4.78 is 41.7. The van der Waals surface area contributed by atoms with Crippen LogP contribution in [0.4, 0.5) is 18.0 Å². The van der Waals surface area contributed by atoms with Crippen molar-refractivity contribution in [2.45, 2.75) is 18.3 Å². The largest absolute Gasteiger partial charge is 0.484 e. The lowest BCUT2D eigenvalue weighted by atomic mass is 9.82. The second kappa shape index (κ2) is 8.37. The molecule has 1 heterocycles. The van der Waals surface area contributed by atoms with Crippen molar-refractivity contribution < 1.29 is 27.5 Å². The number of imide groups is 1. The molecule has 8 heteroatoms. The minimum absolute atomic E-state index is 0.0361. The van der Waals surface area contributed by atoms with Crippen LogP contribution < -0.4 is 10.1 Å². The minimum Gasteiger partial charge on any atom is -0.484 e. The maximum atomic E-state index is 13.6. The highest BCUT2D eigenvalue weighted by Gasteiger charge is 2.53. The third-order valence-electron chi connectivity index (χ3n) is 5.19. The Morgan fingerprint density at radius 3 is 1.84 bits per heavy atom. The molecule has 0 unspecified atom stereocenters. The summed E-state index contributed by atoms with van der Waals surface area (Å²) in [6, 6.07) is 23.2. The van der Waals surface area contributed by atoms with Crippen LogP contribution in [0, 0.1) is 0 Å². The molecule has 1 saturated heterocycles. The molecule has 164 valence electrons. The topological polar surface area (TPSA) is 58.6 Å². The van der Waals surface area contributed by atoms with Crippen LogP contribution in [-0.2, 0) is 16.9 Å². The van der Waals surface area contributed by atoms with Gasteiger partial charge in [-0.15, -0.1) is 0 Å². The van der Waals surface area contributed by atoms with Crippen molar-refractivity contribution in [1.82, 2.24) is 10.2 Å². The van der Waals surface area contributed by atoms with E-state index in [0.29, 0.717) is 16.7 Å². The van der Waals surface area contributed by atoms with E-state index in [1.165, 1.54) is 24.3 Å². The molecule has 32 heavy (non-hydrogen) atoms. The number of alkyl halides is 3. The fourth-order valence-electron chi connectivity index (χ4n) is 3.69. The van der Waals surface area contributed by atoms with Crippen LogP contribution in [0.1, 0.15) is 16.7 Å². The minimum atomic E-state index is -4.43. The van der Waals surface area contributed by atoms with Crippen LogP contribution >= 0.6 is 0 Å². The zero-order chi connectivity index (χ0) is 22.8. The Morgan fingerprint density at radius 1 is 0.812 bits per heavy atom. The van der Waals surface area contributed by atoms with E-state index in [4.69, 9.17) is 4.74 Å². The van der Waals surface area contributed by atoms with Gasteiger partial charge in [-0.1, -0.05) is 72.8 Å². The number of hydrogen-bond acceptors (Lipinski definition) is 3. The van der Waals surface area contributed by atoms with Crippen molar-refractivity contribution in [3.05, 3.63) is 102 Å². The molecule has 0 atom stereocenters. The predicted molar refractivity (Wildman–Crippen MR) is 111 cm³/mol. The molecular weight excluding hydrogens is 421 g/mol. The van der Waals surface area contributed by atoms with Gasteiger partial charge in [0.2, 0.25) is 0 Å². The van der Waals surface area contributed by atoms with Gasteiger partial charge in [0.25, 0.3) is 5.91 Å².